The molecule has 0 saturated carbocycles. The summed E-state index contributed by atoms with van der Waals surface area (Å²) in [5, 5.41) is 4.69. The average molecular weight is 681 g/mol. The van der Waals surface area contributed by atoms with Crippen LogP contribution in [0, 0.1) is 5.82 Å². The monoisotopic (exact) mass is 680 g/mol. The fourth-order valence-corrected chi connectivity index (χ4v) is 5.70. The Morgan fingerprint density at radius 3 is 2.31 bits per heavy atom. The molecule has 0 aromatic heterocycles. The Morgan fingerprint density at radius 2 is 1.65 bits per heavy atom. The first kappa shape index (κ1) is 34.0. The van der Waals surface area contributed by atoms with Crippen molar-refractivity contribution >= 4 is 46.2 Å². The molecule has 48 heavy (non-hydrogen) atoms. The van der Waals surface area contributed by atoms with Crippen molar-refractivity contribution in [1.29, 1.82) is 0 Å². The molecule has 0 spiro atoms. The van der Waals surface area contributed by atoms with Gasteiger partial charge < -0.3 is 20.1 Å². The molecule has 1 aliphatic heterocycles. The van der Waals surface area contributed by atoms with Crippen LogP contribution in [0.4, 0.5) is 33.7 Å². The Labute approximate surface area is 276 Å². The van der Waals surface area contributed by atoms with E-state index in [2.05, 4.69) is 20.4 Å². The molecule has 4 aromatic carbocycles. The topological polar surface area (TPSA) is 109 Å². The molecular weight excluding hydrogens is 652 g/mol. The van der Waals surface area contributed by atoms with Gasteiger partial charge in [-0.2, -0.15) is 0 Å². The Kier molecular flexibility index (Phi) is 10.6. The van der Waals surface area contributed by atoms with Crippen LogP contribution in [-0.2, 0) is 27.5 Å². The predicted molar refractivity (Wildman–Crippen MR) is 172 cm³/mol. The van der Waals surface area contributed by atoms with Gasteiger partial charge in [-0.05, 0) is 66.1 Å². The number of alkyl carbamates (subject to hydrolysis) is 1. The zero-order valence-corrected chi connectivity index (χ0v) is 26.1. The summed E-state index contributed by atoms with van der Waals surface area (Å²) in [6.07, 6.45) is -5.59. The molecule has 0 radical (unpaired) electrons. The highest BCUT2D eigenvalue weighted by Gasteiger charge is 2.39. The third-order valence-electron chi connectivity index (χ3n) is 6.90. The molecule has 1 aliphatic rings. The average Bonchev–Trinajstić information content (AvgIpc) is 3.35. The normalized spacial score (nSPS) is 16.0. The van der Waals surface area contributed by atoms with Gasteiger partial charge in [-0.25, -0.2) is 14.2 Å². The summed E-state index contributed by atoms with van der Waals surface area (Å²) in [4.78, 5) is 44.4. The number of hydrogen-bond donors (Lipinski definition) is 2. The van der Waals surface area contributed by atoms with E-state index < -0.39 is 41.2 Å². The van der Waals surface area contributed by atoms with Crippen molar-refractivity contribution in [2.24, 2.45) is 4.99 Å². The molecule has 1 unspecified atom stereocenters. The highest BCUT2D eigenvalue weighted by Crippen LogP contribution is 2.41. The minimum atomic E-state index is -4.84. The number of anilines is 1. The molecule has 9 nitrogen and oxygen atoms in total. The largest absolute Gasteiger partial charge is 0.573 e. The maximum absolute atomic E-state index is 13.9. The van der Waals surface area contributed by atoms with E-state index in [-0.39, 0.29) is 29.9 Å². The maximum Gasteiger partial charge on any atom is 0.573 e. The number of carbonyl (C=O) groups excluding carboxylic acids is 3. The number of alkyl halides is 3. The summed E-state index contributed by atoms with van der Waals surface area (Å²) >= 11 is 1.13. The van der Waals surface area contributed by atoms with Gasteiger partial charge in [0.05, 0.1) is 12.2 Å². The number of nitrogens with zero attached hydrogens (tertiary/aromatic N) is 2. The fourth-order valence-electron chi connectivity index (χ4n) is 4.53. The number of hydrogen-bond acceptors (Lipinski definition) is 7. The molecule has 3 amide bonds. The van der Waals surface area contributed by atoms with Crippen molar-refractivity contribution < 1.29 is 41.4 Å². The van der Waals surface area contributed by atoms with Crippen LogP contribution >= 0.6 is 11.8 Å². The lowest BCUT2D eigenvalue weighted by Gasteiger charge is -2.17. The van der Waals surface area contributed by atoms with Crippen LogP contribution in [0.3, 0.4) is 0 Å². The van der Waals surface area contributed by atoms with Gasteiger partial charge in [-0.3, -0.25) is 14.5 Å². The first-order valence-electron chi connectivity index (χ1n) is 14.5. The van der Waals surface area contributed by atoms with Crippen LogP contribution in [0.5, 0.6) is 5.75 Å². The van der Waals surface area contributed by atoms with E-state index in [1.54, 1.807) is 42.5 Å². The van der Waals surface area contributed by atoms with Crippen molar-refractivity contribution in [3.05, 3.63) is 126 Å². The molecule has 0 aliphatic carbocycles. The number of halogens is 4. The molecule has 5 rings (SSSR count). The zero-order valence-electron chi connectivity index (χ0n) is 25.2. The van der Waals surface area contributed by atoms with Crippen molar-refractivity contribution in [2.45, 2.75) is 37.7 Å². The van der Waals surface area contributed by atoms with Crippen LogP contribution in [0.1, 0.15) is 28.9 Å². The van der Waals surface area contributed by atoms with Crippen molar-refractivity contribution in [3.63, 3.8) is 0 Å². The smallest absolute Gasteiger partial charge is 0.445 e. The molecule has 2 N–H and O–H groups in total. The third kappa shape index (κ3) is 9.35. The molecule has 0 bridgehead atoms. The number of benzene rings is 4. The number of amidine groups is 1. The van der Waals surface area contributed by atoms with E-state index in [0.717, 1.165) is 29.5 Å². The number of rotatable bonds is 10. The Bertz CT molecular complexity index is 1790. The summed E-state index contributed by atoms with van der Waals surface area (Å²) in [7, 11) is 0. The first-order chi connectivity index (χ1) is 22.9. The number of nitrogens with one attached hydrogen (secondary N) is 2. The number of ether oxygens (including phenoxy) is 2. The standard InChI is InChI=1S/C34H28F4N4O5S/c1-21(39-33(45)46-20-23-6-3-2-4-7-23)30(43)40-26-14-12-24(13-15-26)29-31(44)42(32(48-29)41-27-9-5-8-25(35)18-27)19-22-10-16-28(17-11-22)47-34(36,37)38/h2-18,21,29H,19-20H2,1H3,(H,39,45)(H,40,43)/b41-32-/t21-,29?/m0/s1. The lowest BCUT2D eigenvalue weighted by Crippen LogP contribution is -2.41. The lowest BCUT2D eigenvalue weighted by atomic mass is 10.1. The van der Waals surface area contributed by atoms with Crippen LogP contribution in [-0.4, -0.2) is 40.4 Å². The number of aliphatic imine (C=N–C) groups is 1. The predicted octanol–water partition coefficient (Wildman–Crippen LogP) is 7.48. The van der Waals surface area contributed by atoms with E-state index in [1.165, 1.54) is 42.2 Å². The van der Waals surface area contributed by atoms with Gasteiger partial charge in [0.15, 0.2) is 5.17 Å². The van der Waals surface area contributed by atoms with Gasteiger partial charge in [0, 0.05) is 5.69 Å². The minimum absolute atomic E-state index is 0.0183. The molecule has 2 atom stereocenters. The number of amides is 3. The van der Waals surface area contributed by atoms with E-state index in [0.29, 0.717) is 16.8 Å². The highest BCUT2D eigenvalue weighted by molar-refractivity contribution is 8.15. The maximum atomic E-state index is 13.9. The van der Waals surface area contributed by atoms with Crippen LogP contribution in [0.15, 0.2) is 108 Å². The third-order valence-corrected chi connectivity index (χ3v) is 8.13. The van der Waals surface area contributed by atoms with E-state index in [9.17, 15) is 31.9 Å². The molecule has 248 valence electrons. The van der Waals surface area contributed by atoms with Gasteiger partial charge in [0.25, 0.3) is 0 Å². The summed E-state index contributed by atoms with van der Waals surface area (Å²) in [6, 6.07) is 25.3. The molecule has 1 heterocycles. The summed E-state index contributed by atoms with van der Waals surface area (Å²) in [5.41, 5.74) is 2.58. The first-order valence-corrected chi connectivity index (χ1v) is 15.4. The van der Waals surface area contributed by atoms with Crippen LogP contribution in [0.25, 0.3) is 0 Å². The van der Waals surface area contributed by atoms with Gasteiger partial charge in [0.2, 0.25) is 11.8 Å². The summed E-state index contributed by atoms with van der Waals surface area (Å²) in [5.74, 6) is -1.76. The Hall–Kier alpha value is -5.37. The molecule has 14 heteroatoms. The lowest BCUT2D eigenvalue weighted by molar-refractivity contribution is -0.274. The molecule has 1 saturated heterocycles. The van der Waals surface area contributed by atoms with Crippen LogP contribution in [0.2, 0.25) is 0 Å². The number of thioether (sulfide) groups is 1. The molecular formula is C34H28F4N4O5S. The molecule has 4 aromatic rings. The van der Waals surface area contributed by atoms with E-state index >= 15 is 0 Å². The zero-order chi connectivity index (χ0) is 34.3. The summed E-state index contributed by atoms with van der Waals surface area (Å²) in [6.45, 7) is 1.54. The summed E-state index contributed by atoms with van der Waals surface area (Å²) < 4.78 is 60.8. The SMILES string of the molecule is C[C@H](NC(=O)OCc1ccccc1)C(=O)Nc1ccc(C2S/C(=N\c3cccc(F)c3)N(Cc3ccc(OC(F)(F)F)cc3)C2=O)cc1. The van der Waals surface area contributed by atoms with Crippen molar-refractivity contribution in [1.82, 2.24) is 10.2 Å². The number of carbonyl (C=O) groups is 3. The van der Waals surface area contributed by atoms with E-state index in [1.807, 2.05) is 18.2 Å². The van der Waals surface area contributed by atoms with Crippen molar-refractivity contribution in [3.8, 4) is 5.75 Å². The fraction of sp³-hybridized carbons (Fsp3) is 0.176. The van der Waals surface area contributed by atoms with Crippen molar-refractivity contribution in [2.75, 3.05) is 5.32 Å². The quantitative estimate of drug-likeness (QED) is 0.168. The Morgan fingerprint density at radius 1 is 0.938 bits per heavy atom. The van der Waals surface area contributed by atoms with Gasteiger partial charge in [-0.1, -0.05) is 72.4 Å². The highest BCUT2D eigenvalue weighted by atomic mass is 32.2. The second-order valence-corrected chi connectivity index (χ2v) is 11.6. The van der Waals surface area contributed by atoms with Crippen LogP contribution < -0.4 is 15.4 Å². The second-order valence-electron chi connectivity index (χ2n) is 10.5. The Balaban J connectivity index is 1.25. The van der Waals surface area contributed by atoms with Gasteiger partial charge >= 0.3 is 12.5 Å². The van der Waals surface area contributed by atoms with Gasteiger partial charge in [-0.15, -0.1) is 13.2 Å². The van der Waals surface area contributed by atoms with E-state index in [4.69, 9.17) is 4.74 Å². The second kappa shape index (κ2) is 15.0. The minimum Gasteiger partial charge on any atom is -0.445 e. The molecule has 1 fully saturated rings. The van der Waals surface area contributed by atoms with Gasteiger partial charge in [0.1, 0.15) is 29.5 Å².